The highest BCUT2D eigenvalue weighted by molar-refractivity contribution is 5.85. The molecule has 1 aromatic heterocycles. The van der Waals surface area contributed by atoms with Gasteiger partial charge in [-0.05, 0) is 23.3 Å². The Balaban J connectivity index is 0.00000220. The number of amides is 1. The van der Waals surface area contributed by atoms with Gasteiger partial charge in [-0.25, -0.2) is 0 Å². The van der Waals surface area contributed by atoms with E-state index in [0.717, 1.165) is 11.1 Å². The van der Waals surface area contributed by atoms with E-state index >= 15 is 0 Å². The van der Waals surface area contributed by atoms with Crippen molar-refractivity contribution in [3.8, 4) is 0 Å². The van der Waals surface area contributed by atoms with Crippen LogP contribution in [-0.2, 0) is 11.3 Å². The molecular formula is C16H21Cl2N3O. The second-order valence-electron chi connectivity index (χ2n) is 4.83. The molecule has 0 aliphatic rings. The number of nitrogens with zero attached hydrogens (tertiary/aromatic N) is 2. The molecule has 6 heteroatoms. The maximum Gasteiger partial charge on any atom is 0.224 e. The van der Waals surface area contributed by atoms with Crippen molar-refractivity contribution in [2.75, 3.05) is 7.05 Å². The van der Waals surface area contributed by atoms with Crippen LogP contribution < -0.4 is 5.73 Å². The predicted octanol–water partition coefficient (Wildman–Crippen LogP) is 2.97. The number of pyridine rings is 1. The normalized spacial score (nSPS) is 10.8. The molecule has 120 valence electrons. The second kappa shape index (κ2) is 10.2. The molecule has 22 heavy (non-hydrogen) atoms. The van der Waals surface area contributed by atoms with Gasteiger partial charge in [0.2, 0.25) is 5.91 Å². The molecule has 2 N–H and O–H groups in total. The maximum atomic E-state index is 12.2. The highest BCUT2D eigenvalue weighted by Crippen LogP contribution is 2.15. The summed E-state index contributed by atoms with van der Waals surface area (Å²) >= 11 is 0. The van der Waals surface area contributed by atoms with Crippen LogP contribution in [0, 0.1) is 0 Å². The summed E-state index contributed by atoms with van der Waals surface area (Å²) in [5.74, 6) is 0.0400. The van der Waals surface area contributed by atoms with Crippen molar-refractivity contribution in [2.24, 2.45) is 5.73 Å². The standard InChI is InChI=1S/C16H19N3O.2ClH/c1-19(12-13-7-9-18-10-8-13)16(20)11-15(17)14-5-3-2-4-6-14;;/h2-10,15H,11-12,17H2,1H3;2*1H. The molecule has 1 atom stereocenters. The molecule has 0 saturated carbocycles. The van der Waals surface area contributed by atoms with Crippen LogP contribution in [0.3, 0.4) is 0 Å². The lowest BCUT2D eigenvalue weighted by atomic mass is 10.0. The zero-order chi connectivity index (χ0) is 14.4. The third-order valence-electron chi connectivity index (χ3n) is 3.22. The number of hydrogen-bond donors (Lipinski definition) is 1. The summed E-state index contributed by atoms with van der Waals surface area (Å²) < 4.78 is 0. The third-order valence-corrected chi connectivity index (χ3v) is 3.22. The smallest absolute Gasteiger partial charge is 0.224 e. The lowest BCUT2D eigenvalue weighted by molar-refractivity contribution is -0.130. The topological polar surface area (TPSA) is 59.2 Å². The van der Waals surface area contributed by atoms with E-state index < -0.39 is 0 Å². The van der Waals surface area contributed by atoms with Crippen molar-refractivity contribution in [2.45, 2.75) is 19.0 Å². The molecule has 0 spiro atoms. The van der Waals surface area contributed by atoms with E-state index in [1.807, 2.05) is 42.5 Å². The van der Waals surface area contributed by atoms with Gasteiger partial charge in [0.1, 0.15) is 0 Å². The zero-order valence-electron chi connectivity index (χ0n) is 12.4. The van der Waals surface area contributed by atoms with E-state index in [0.29, 0.717) is 13.0 Å². The van der Waals surface area contributed by atoms with Crippen molar-refractivity contribution in [3.05, 3.63) is 66.0 Å². The molecule has 0 aliphatic carbocycles. The fraction of sp³-hybridized carbons (Fsp3) is 0.250. The van der Waals surface area contributed by atoms with Crippen LogP contribution in [-0.4, -0.2) is 22.8 Å². The van der Waals surface area contributed by atoms with Crippen LogP contribution in [0.2, 0.25) is 0 Å². The summed E-state index contributed by atoms with van der Waals surface area (Å²) in [6, 6.07) is 13.2. The van der Waals surface area contributed by atoms with E-state index in [2.05, 4.69) is 4.98 Å². The Kier molecular flexibility index (Phi) is 9.42. The third kappa shape index (κ3) is 6.02. The first-order valence-corrected chi connectivity index (χ1v) is 6.60. The second-order valence-corrected chi connectivity index (χ2v) is 4.83. The minimum atomic E-state index is -0.261. The molecule has 0 saturated heterocycles. The summed E-state index contributed by atoms with van der Waals surface area (Å²) in [6.07, 6.45) is 3.76. The quantitative estimate of drug-likeness (QED) is 0.909. The van der Waals surface area contributed by atoms with Crippen molar-refractivity contribution in [1.29, 1.82) is 0 Å². The Morgan fingerprint density at radius 2 is 1.73 bits per heavy atom. The molecule has 2 aromatic rings. The lowest BCUT2D eigenvalue weighted by Crippen LogP contribution is -2.29. The Morgan fingerprint density at radius 3 is 2.32 bits per heavy atom. The van der Waals surface area contributed by atoms with Gasteiger partial charge in [0, 0.05) is 38.4 Å². The van der Waals surface area contributed by atoms with Gasteiger partial charge in [-0.15, -0.1) is 24.8 Å². The molecule has 0 radical (unpaired) electrons. The fourth-order valence-electron chi connectivity index (χ4n) is 2.01. The molecule has 0 aliphatic heterocycles. The summed E-state index contributed by atoms with van der Waals surface area (Å²) in [5.41, 5.74) is 8.11. The van der Waals surface area contributed by atoms with Crippen LogP contribution in [0.4, 0.5) is 0 Å². The van der Waals surface area contributed by atoms with E-state index in [9.17, 15) is 4.79 Å². The number of aromatic nitrogens is 1. The van der Waals surface area contributed by atoms with Gasteiger partial charge in [-0.1, -0.05) is 30.3 Å². The van der Waals surface area contributed by atoms with Gasteiger partial charge >= 0.3 is 0 Å². The molecule has 1 amide bonds. The number of benzene rings is 1. The molecule has 2 rings (SSSR count). The van der Waals surface area contributed by atoms with E-state index in [-0.39, 0.29) is 36.8 Å². The number of carbonyl (C=O) groups is 1. The molecular weight excluding hydrogens is 321 g/mol. The Bertz CT molecular complexity index is 552. The molecule has 1 aromatic carbocycles. The minimum absolute atomic E-state index is 0. The first-order chi connectivity index (χ1) is 9.66. The highest BCUT2D eigenvalue weighted by atomic mass is 35.5. The molecule has 0 fully saturated rings. The molecule has 4 nitrogen and oxygen atoms in total. The molecule has 1 heterocycles. The minimum Gasteiger partial charge on any atom is -0.341 e. The van der Waals surface area contributed by atoms with Gasteiger partial charge in [-0.2, -0.15) is 0 Å². The monoisotopic (exact) mass is 341 g/mol. The number of halogens is 2. The number of nitrogens with two attached hydrogens (primary N) is 1. The first kappa shape index (κ1) is 20.4. The fourth-order valence-corrected chi connectivity index (χ4v) is 2.01. The van der Waals surface area contributed by atoms with E-state index in [1.54, 1.807) is 24.3 Å². The maximum absolute atomic E-state index is 12.2. The van der Waals surface area contributed by atoms with E-state index in [1.165, 1.54) is 0 Å². The Hall–Kier alpha value is -1.62. The Morgan fingerprint density at radius 1 is 1.14 bits per heavy atom. The van der Waals surface area contributed by atoms with Crippen LogP contribution in [0.15, 0.2) is 54.9 Å². The zero-order valence-corrected chi connectivity index (χ0v) is 14.0. The van der Waals surface area contributed by atoms with Gasteiger partial charge in [0.15, 0.2) is 0 Å². The van der Waals surface area contributed by atoms with Gasteiger partial charge in [0.25, 0.3) is 0 Å². The highest BCUT2D eigenvalue weighted by Gasteiger charge is 2.15. The average molecular weight is 342 g/mol. The number of hydrogen-bond acceptors (Lipinski definition) is 3. The van der Waals surface area contributed by atoms with Crippen LogP contribution >= 0.6 is 24.8 Å². The van der Waals surface area contributed by atoms with Crippen molar-refractivity contribution in [3.63, 3.8) is 0 Å². The van der Waals surface area contributed by atoms with Crippen molar-refractivity contribution < 1.29 is 4.79 Å². The van der Waals surface area contributed by atoms with Crippen LogP contribution in [0.1, 0.15) is 23.6 Å². The molecule has 1 unspecified atom stereocenters. The SMILES string of the molecule is CN(Cc1ccncc1)C(=O)CC(N)c1ccccc1.Cl.Cl. The van der Waals surface area contributed by atoms with Gasteiger partial charge < -0.3 is 10.6 Å². The number of carbonyl (C=O) groups excluding carboxylic acids is 1. The summed E-state index contributed by atoms with van der Waals surface area (Å²) in [4.78, 5) is 17.8. The van der Waals surface area contributed by atoms with Crippen LogP contribution in [0.5, 0.6) is 0 Å². The van der Waals surface area contributed by atoms with E-state index in [4.69, 9.17) is 5.73 Å². The molecule has 0 bridgehead atoms. The van der Waals surface area contributed by atoms with Crippen LogP contribution in [0.25, 0.3) is 0 Å². The predicted molar refractivity (Wildman–Crippen MR) is 93.2 cm³/mol. The first-order valence-electron chi connectivity index (χ1n) is 6.60. The Labute approximate surface area is 143 Å². The lowest BCUT2D eigenvalue weighted by Gasteiger charge is -2.20. The largest absolute Gasteiger partial charge is 0.341 e. The van der Waals surface area contributed by atoms with Gasteiger partial charge in [0.05, 0.1) is 0 Å². The summed E-state index contributed by atoms with van der Waals surface area (Å²) in [6.45, 7) is 0.572. The number of rotatable bonds is 5. The average Bonchev–Trinajstić information content (AvgIpc) is 2.49. The summed E-state index contributed by atoms with van der Waals surface area (Å²) in [7, 11) is 1.79. The van der Waals surface area contributed by atoms with Crippen molar-refractivity contribution >= 4 is 30.7 Å². The van der Waals surface area contributed by atoms with Gasteiger partial charge in [-0.3, -0.25) is 9.78 Å². The van der Waals surface area contributed by atoms with Crippen molar-refractivity contribution in [1.82, 2.24) is 9.88 Å². The summed E-state index contributed by atoms with van der Waals surface area (Å²) in [5, 5.41) is 0.